The topological polar surface area (TPSA) is 79.0 Å². The van der Waals surface area contributed by atoms with Gasteiger partial charge in [0, 0.05) is 30.1 Å². The van der Waals surface area contributed by atoms with Crippen LogP contribution in [0.3, 0.4) is 0 Å². The Morgan fingerprint density at radius 1 is 1.12 bits per heavy atom. The summed E-state index contributed by atoms with van der Waals surface area (Å²) < 4.78 is 25.0. The molecule has 0 spiro atoms. The summed E-state index contributed by atoms with van der Waals surface area (Å²) >= 11 is 0. The molecule has 0 unspecified atom stereocenters. The van der Waals surface area contributed by atoms with E-state index in [0.717, 1.165) is 21.9 Å². The Bertz CT molecular complexity index is 1090. The molecule has 1 N–H and O–H groups in total. The largest absolute Gasteiger partial charge is 0.497 e. The maximum Gasteiger partial charge on any atom is 0.343 e. The van der Waals surface area contributed by atoms with Gasteiger partial charge in [-0.3, -0.25) is 5.21 Å². The van der Waals surface area contributed by atoms with Gasteiger partial charge in [-0.2, -0.15) is 0 Å². The SMILES string of the molecule is COc1ccc(-c2nc(C3CCN(C(=O)N(O)C(C)C)CC3)oc2-c2ccc(F)cc2)cc1. The molecule has 1 fully saturated rings. The van der Waals surface area contributed by atoms with E-state index in [1.54, 1.807) is 38.0 Å². The molecule has 3 aromatic rings. The summed E-state index contributed by atoms with van der Waals surface area (Å²) in [5, 5.41) is 10.7. The summed E-state index contributed by atoms with van der Waals surface area (Å²) in [6, 6.07) is 13.0. The van der Waals surface area contributed by atoms with E-state index in [0.29, 0.717) is 43.3 Å². The fourth-order valence-corrected chi connectivity index (χ4v) is 3.94. The number of piperidine rings is 1. The van der Waals surface area contributed by atoms with Crippen molar-refractivity contribution in [3.8, 4) is 28.3 Å². The van der Waals surface area contributed by atoms with Gasteiger partial charge in [0.05, 0.1) is 13.2 Å². The van der Waals surface area contributed by atoms with Gasteiger partial charge in [0.15, 0.2) is 11.7 Å². The number of likely N-dealkylation sites (tertiary alicyclic amines) is 1. The van der Waals surface area contributed by atoms with Gasteiger partial charge in [-0.05, 0) is 75.2 Å². The lowest BCUT2D eigenvalue weighted by atomic mass is 9.97. The summed E-state index contributed by atoms with van der Waals surface area (Å²) in [5.74, 6) is 1.63. The molecule has 7 nitrogen and oxygen atoms in total. The molecule has 2 heterocycles. The number of ether oxygens (including phenoxy) is 1. The number of amides is 2. The molecule has 1 aliphatic heterocycles. The number of rotatable bonds is 5. The van der Waals surface area contributed by atoms with Gasteiger partial charge in [-0.1, -0.05) is 0 Å². The summed E-state index contributed by atoms with van der Waals surface area (Å²) in [7, 11) is 1.61. The monoisotopic (exact) mass is 453 g/mol. The second-order valence-electron chi connectivity index (χ2n) is 8.45. The van der Waals surface area contributed by atoms with Crippen molar-refractivity contribution in [3.63, 3.8) is 0 Å². The number of halogens is 1. The number of urea groups is 1. The van der Waals surface area contributed by atoms with Gasteiger partial charge in [-0.25, -0.2) is 19.2 Å². The van der Waals surface area contributed by atoms with Crippen LogP contribution in [0.4, 0.5) is 9.18 Å². The van der Waals surface area contributed by atoms with Crippen molar-refractivity contribution in [2.75, 3.05) is 20.2 Å². The number of methoxy groups -OCH3 is 1. The Labute approximate surface area is 192 Å². The fraction of sp³-hybridized carbons (Fsp3) is 0.360. The smallest absolute Gasteiger partial charge is 0.343 e. The lowest BCUT2D eigenvalue weighted by Gasteiger charge is -2.33. The molecule has 0 bridgehead atoms. The van der Waals surface area contributed by atoms with Crippen LogP contribution in [0.15, 0.2) is 52.9 Å². The summed E-state index contributed by atoms with van der Waals surface area (Å²) in [4.78, 5) is 18.9. The number of hydrogen-bond donors (Lipinski definition) is 1. The highest BCUT2D eigenvalue weighted by atomic mass is 19.1. The minimum Gasteiger partial charge on any atom is -0.497 e. The lowest BCUT2D eigenvalue weighted by molar-refractivity contribution is -0.0815. The van der Waals surface area contributed by atoms with Gasteiger partial charge >= 0.3 is 6.03 Å². The van der Waals surface area contributed by atoms with Gasteiger partial charge in [0.25, 0.3) is 0 Å². The standard InChI is InChI=1S/C25H28FN3O4/c1-16(2)29(31)25(30)28-14-12-19(13-15-28)24-27-22(17-6-10-21(32-3)11-7-17)23(33-24)18-4-8-20(26)9-5-18/h4-11,16,19,31H,12-15H2,1-3H3. The van der Waals surface area contributed by atoms with Gasteiger partial charge in [0.1, 0.15) is 17.3 Å². The van der Waals surface area contributed by atoms with Crippen LogP contribution in [0.5, 0.6) is 5.75 Å². The van der Waals surface area contributed by atoms with Crippen molar-refractivity contribution in [3.05, 3.63) is 60.2 Å². The molecule has 0 saturated carbocycles. The summed E-state index contributed by atoms with van der Waals surface area (Å²) in [5.41, 5.74) is 2.28. The molecule has 2 amide bonds. The van der Waals surface area contributed by atoms with E-state index < -0.39 is 0 Å². The van der Waals surface area contributed by atoms with Crippen LogP contribution in [-0.2, 0) is 0 Å². The Morgan fingerprint density at radius 3 is 2.30 bits per heavy atom. The number of hydroxylamine groups is 2. The third-order valence-electron chi connectivity index (χ3n) is 5.91. The number of hydrogen-bond acceptors (Lipinski definition) is 5. The first-order valence-corrected chi connectivity index (χ1v) is 11.1. The Hall–Kier alpha value is -3.39. The summed E-state index contributed by atoms with van der Waals surface area (Å²) in [6.07, 6.45) is 1.34. The molecule has 0 radical (unpaired) electrons. The normalized spacial score (nSPS) is 14.5. The second-order valence-corrected chi connectivity index (χ2v) is 8.45. The highest BCUT2D eigenvalue weighted by Gasteiger charge is 2.31. The molecular weight excluding hydrogens is 425 g/mol. The van der Waals surface area contributed by atoms with E-state index in [2.05, 4.69) is 0 Å². The number of benzene rings is 2. The maximum atomic E-state index is 13.5. The average Bonchev–Trinajstić information content (AvgIpc) is 3.29. The van der Waals surface area contributed by atoms with Crippen LogP contribution in [0.25, 0.3) is 22.6 Å². The van der Waals surface area contributed by atoms with E-state index in [1.807, 2.05) is 24.3 Å². The van der Waals surface area contributed by atoms with E-state index in [9.17, 15) is 14.4 Å². The van der Waals surface area contributed by atoms with Gasteiger partial charge in [-0.15, -0.1) is 0 Å². The minimum absolute atomic E-state index is 0.0337. The molecule has 1 aliphatic rings. The van der Waals surface area contributed by atoms with Crippen LogP contribution in [-0.4, -0.2) is 52.4 Å². The van der Waals surface area contributed by atoms with Crippen LogP contribution in [0, 0.1) is 5.82 Å². The van der Waals surface area contributed by atoms with Crippen molar-refractivity contribution in [1.82, 2.24) is 14.9 Å². The first-order chi connectivity index (χ1) is 15.9. The van der Waals surface area contributed by atoms with Crippen molar-refractivity contribution < 1.29 is 23.5 Å². The molecule has 0 atom stereocenters. The van der Waals surface area contributed by atoms with E-state index in [-0.39, 0.29) is 23.8 Å². The molecule has 1 aromatic heterocycles. The molecule has 174 valence electrons. The molecule has 8 heteroatoms. The van der Waals surface area contributed by atoms with Crippen molar-refractivity contribution in [2.24, 2.45) is 0 Å². The second kappa shape index (κ2) is 9.62. The first kappa shape index (κ1) is 22.8. The van der Waals surface area contributed by atoms with Crippen LogP contribution >= 0.6 is 0 Å². The Kier molecular flexibility index (Phi) is 6.65. The number of aromatic nitrogens is 1. The zero-order chi connectivity index (χ0) is 23.5. The highest BCUT2D eigenvalue weighted by Crippen LogP contribution is 2.38. The zero-order valence-electron chi connectivity index (χ0n) is 19.0. The van der Waals surface area contributed by atoms with E-state index in [4.69, 9.17) is 14.1 Å². The maximum absolute atomic E-state index is 13.5. The highest BCUT2D eigenvalue weighted by molar-refractivity contribution is 5.77. The molecule has 33 heavy (non-hydrogen) atoms. The molecule has 4 rings (SSSR count). The molecule has 1 saturated heterocycles. The van der Waals surface area contributed by atoms with E-state index >= 15 is 0 Å². The summed E-state index contributed by atoms with van der Waals surface area (Å²) in [6.45, 7) is 4.52. The number of nitrogens with zero attached hydrogens (tertiary/aromatic N) is 3. The predicted octanol–water partition coefficient (Wildman–Crippen LogP) is 5.56. The minimum atomic E-state index is -0.387. The third-order valence-corrected chi connectivity index (χ3v) is 5.91. The van der Waals surface area contributed by atoms with E-state index in [1.165, 1.54) is 12.1 Å². The van der Waals surface area contributed by atoms with Crippen molar-refractivity contribution >= 4 is 6.03 Å². The van der Waals surface area contributed by atoms with Crippen molar-refractivity contribution in [2.45, 2.75) is 38.6 Å². The van der Waals surface area contributed by atoms with Gasteiger partial charge in [0.2, 0.25) is 0 Å². The predicted molar refractivity (Wildman–Crippen MR) is 122 cm³/mol. The number of oxazole rings is 1. The molecule has 2 aromatic carbocycles. The lowest BCUT2D eigenvalue weighted by Crippen LogP contribution is -2.47. The third kappa shape index (κ3) is 4.85. The average molecular weight is 454 g/mol. The Morgan fingerprint density at radius 2 is 1.73 bits per heavy atom. The molecular formula is C25H28FN3O4. The fourth-order valence-electron chi connectivity index (χ4n) is 3.94. The number of carbonyl (C=O) groups excluding carboxylic acids is 1. The van der Waals surface area contributed by atoms with Crippen LogP contribution in [0.2, 0.25) is 0 Å². The Balaban J connectivity index is 1.60. The van der Waals surface area contributed by atoms with Crippen LogP contribution in [0.1, 0.15) is 38.5 Å². The first-order valence-electron chi connectivity index (χ1n) is 11.1. The van der Waals surface area contributed by atoms with Crippen LogP contribution < -0.4 is 4.74 Å². The quantitative estimate of drug-likeness (QED) is 0.404. The number of carbonyl (C=O) groups is 1. The molecule has 0 aliphatic carbocycles. The van der Waals surface area contributed by atoms with Gasteiger partial charge < -0.3 is 14.1 Å². The zero-order valence-corrected chi connectivity index (χ0v) is 19.0. The van der Waals surface area contributed by atoms with Crippen molar-refractivity contribution in [1.29, 1.82) is 0 Å².